The van der Waals surface area contributed by atoms with Crippen molar-refractivity contribution in [3.8, 4) is 34.4 Å². The van der Waals surface area contributed by atoms with Crippen molar-refractivity contribution in [2.24, 2.45) is 21.1 Å². The second kappa shape index (κ2) is 29.1. The average molecular weight is 1270 g/mol. The van der Waals surface area contributed by atoms with E-state index in [4.69, 9.17) is 69.6 Å². The molecule has 3 atom stereocenters. The Morgan fingerprint density at radius 2 is 1.10 bits per heavy atom. The summed E-state index contributed by atoms with van der Waals surface area (Å²) in [7, 11) is 12.0. The maximum atomic E-state index is 9.83. The predicted molar refractivity (Wildman–Crippen MR) is 337 cm³/mol. The number of aromatic nitrogens is 16. The molecule has 3 saturated heterocycles. The Hall–Kier alpha value is -8.38. The van der Waals surface area contributed by atoms with Gasteiger partial charge in [0, 0.05) is 58.5 Å². The van der Waals surface area contributed by atoms with Crippen molar-refractivity contribution < 1.29 is 34.3 Å². The van der Waals surface area contributed by atoms with Gasteiger partial charge < -0.3 is 83.3 Å². The molecule has 31 heteroatoms. The van der Waals surface area contributed by atoms with Crippen molar-refractivity contribution in [1.82, 2.24) is 83.0 Å². The van der Waals surface area contributed by atoms with E-state index in [1.165, 1.54) is 6.42 Å². The van der Waals surface area contributed by atoms with Gasteiger partial charge >= 0.3 is 0 Å². The minimum Gasteiger partial charge on any atom is -0.496 e. The molecule has 3 aliphatic rings. The van der Waals surface area contributed by atoms with E-state index in [1.807, 2.05) is 66.2 Å². The normalized spacial score (nSPS) is 16.1. The lowest BCUT2D eigenvalue weighted by Crippen LogP contribution is -2.33. The topological polar surface area (TPSA) is 321 Å². The van der Waals surface area contributed by atoms with Crippen LogP contribution in [0, 0.1) is 13.8 Å². The van der Waals surface area contributed by atoms with Crippen molar-refractivity contribution in [2.75, 3.05) is 88.7 Å². The van der Waals surface area contributed by atoms with E-state index >= 15 is 0 Å². The highest BCUT2D eigenvalue weighted by Gasteiger charge is 2.30. The van der Waals surface area contributed by atoms with E-state index in [-0.39, 0.29) is 35.9 Å². The van der Waals surface area contributed by atoms with Crippen LogP contribution in [0.4, 0.5) is 29.2 Å². The van der Waals surface area contributed by atoms with Crippen LogP contribution in [-0.2, 0) is 21.1 Å². The van der Waals surface area contributed by atoms with E-state index in [0.717, 1.165) is 103 Å². The number of benzene rings is 2. The zero-order valence-corrected chi connectivity index (χ0v) is 52.6. The van der Waals surface area contributed by atoms with E-state index in [2.05, 4.69) is 83.3 Å². The molecular formula is C57H72Cl3N21O7. The standard InChI is InChI=1S/C23H28N8O2.C12H15N3O3.C11H14ClN5O.C6H4Cl2N4.C5H11NO/c1-14-8-17(9-18(33-4)15(14)2)30-10-19(24-13-30)26-23-27-21-20(29(3)12-25-21)22(28-23)31-7-5-6-16(31)11-32;1-16-9-4-8(15-6-11(13)14-7-15)5-10(17-2)12(9)18-3;1-16-6-13-9-8(16)10(15-11(12)14-9)17-4-2-3-7(17)5-18;1-12-2-9-5-3(12)4(7)10-6(8)11-5;7-4-5-2-1-3-6-5/h8-10,12-13,16,32H,5-7,11H2,1-4H3,(H,26,27,28);4-7H,13H2,1-3H3;6-7,18H,2-5H2,1H3;2H,1H3;5-7H,1-4H2/t16-;;7-;;5-/m0.0.0/s1. The molecule has 7 N–H and O–H groups in total. The number of anilines is 5. The van der Waals surface area contributed by atoms with Gasteiger partial charge in [-0.2, -0.15) is 24.9 Å². The molecule has 13 rings (SSSR count). The molecule has 8 aromatic heterocycles. The smallest absolute Gasteiger partial charge is 0.232 e. The summed E-state index contributed by atoms with van der Waals surface area (Å²) in [6.07, 6.45) is 18.4. The average Bonchev–Trinajstić information content (AvgIpc) is 2.48. The number of aryl methyl sites for hydroxylation is 4. The van der Waals surface area contributed by atoms with Crippen molar-refractivity contribution >= 4 is 97.5 Å². The van der Waals surface area contributed by atoms with Gasteiger partial charge in [-0.05, 0) is 99.3 Å². The van der Waals surface area contributed by atoms with Gasteiger partial charge in [0.15, 0.2) is 51.0 Å². The molecule has 28 nitrogen and oxygen atoms in total. The molecule has 88 heavy (non-hydrogen) atoms. The molecule has 0 amide bonds. The van der Waals surface area contributed by atoms with E-state index in [1.54, 1.807) is 75.4 Å². The zero-order chi connectivity index (χ0) is 62.8. The van der Waals surface area contributed by atoms with Gasteiger partial charge in [-0.3, -0.25) is 0 Å². The number of halogens is 3. The highest BCUT2D eigenvalue weighted by Crippen LogP contribution is 2.40. The number of hydrogen-bond donors (Lipinski definition) is 6. The first-order chi connectivity index (χ1) is 42.5. The third kappa shape index (κ3) is 14.4. The molecule has 2 aromatic carbocycles. The molecule has 0 unspecified atom stereocenters. The molecule has 11 heterocycles. The Balaban J connectivity index is 0.000000143. The number of ether oxygens (including phenoxy) is 4. The third-order valence-corrected chi connectivity index (χ3v) is 15.8. The van der Waals surface area contributed by atoms with Crippen molar-refractivity contribution in [2.45, 2.75) is 70.5 Å². The van der Waals surface area contributed by atoms with Crippen molar-refractivity contribution in [3.63, 3.8) is 0 Å². The fourth-order valence-electron chi connectivity index (χ4n) is 10.5. The maximum absolute atomic E-state index is 9.83. The van der Waals surface area contributed by atoms with Crippen LogP contribution < -0.4 is 45.1 Å². The number of hydrogen-bond acceptors (Lipinski definition) is 23. The zero-order valence-electron chi connectivity index (χ0n) is 50.3. The Kier molecular flexibility index (Phi) is 21.2. The van der Waals surface area contributed by atoms with Gasteiger partial charge in [0.1, 0.15) is 40.8 Å². The summed E-state index contributed by atoms with van der Waals surface area (Å²) in [5, 5.41) is 34.8. The van der Waals surface area contributed by atoms with Crippen LogP contribution in [0.15, 0.2) is 68.3 Å². The molecule has 3 aliphatic heterocycles. The van der Waals surface area contributed by atoms with Crippen LogP contribution >= 0.6 is 34.8 Å². The highest BCUT2D eigenvalue weighted by molar-refractivity contribution is 6.35. The van der Waals surface area contributed by atoms with Gasteiger partial charge in [-0.1, -0.05) is 11.6 Å². The summed E-state index contributed by atoms with van der Waals surface area (Å²) in [5.74, 6) is 5.58. The minimum absolute atomic E-state index is 0.0461. The second-order valence-electron chi connectivity index (χ2n) is 20.8. The lowest BCUT2D eigenvalue weighted by molar-refractivity contribution is 0.255. The number of aliphatic hydroxyl groups is 3. The SMILES string of the molecule is COc1cc(-n2cnc(N)c2)cc(OC)c1OC.COc1cc(-n2cnc(Nc3nc(N4CCC[C@H]4CO)c4c(ncn4C)n3)c2)cc(C)c1C.Cn1cnc2nc(Cl)nc(Cl)c21.Cn1cnc2nc(Cl)nc(N3CCC[C@H]3CO)c21.OC[C@@H]1CCCN1. The Morgan fingerprint density at radius 3 is 1.62 bits per heavy atom. The van der Waals surface area contributed by atoms with Gasteiger partial charge in [0.2, 0.25) is 22.3 Å². The van der Waals surface area contributed by atoms with Crippen LogP contribution in [0.1, 0.15) is 49.7 Å². The number of rotatable bonds is 13. The van der Waals surface area contributed by atoms with E-state index < -0.39 is 0 Å². The molecule has 0 aliphatic carbocycles. The molecule has 0 saturated carbocycles. The summed E-state index contributed by atoms with van der Waals surface area (Å²) in [4.78, 5) is 50.9. The second-order valence-corrected chi connectivity index (χ2v) is 21.9. The Labute approximate surface area is 522 Å². The summed E-state index contributed by atoms with van der Waals surface area (Å²) < 4.78 is 30.6. The molecule has 10 aromatic rings. The fraction of sp³-hybridized carbons (Fsp3) is 0.421. The summed E-state index contributed by atoms with van der Waals surface area (Å²) >= 11 is 17.3. The van der Waals surface area contributed by atoms with Crippen molar-refractivity contribution in [1.29, 1.82) is 0 Å². The van der Waals surface area contributed by atoms with Crippen LogP contribution in [0.3, 0.4) is 0 Å². The summed E-state index contributed by atoms with van der Waals surface area (Å²) in [6, 6.07) is 8.29. The molecular weight excluding hydrogens is 1200 g/mol. The molecule has 3 fully saturated rings. The summed E-state index contributed by atoms with van der Waals surface area (Å²) in [6.45, 7) is 7.43. The Morgan fingerprint density at radius 1 is 0.580 bits per heavy atom. The quantitative estimate of drug-likeness (QED) is 0.0514. The number of methoxy groups -OCH3 is 4. The van der Waals surface area contributed by atoms with Crippen LogP contribution in [0.5, 0.6) is 23.0 Å². The number of fused-ring (bicyclic) bond motifs is 3. The van der Waals surface area contributed by atoms with E-state index in [0.29, 0.717) is 75.1 Å². The number of aliphatic hydroxyl groups excluding tert-OH is 3. The van der Waals surface area contributed by atoms with Crippen molar-refractivity contribution in [3.05, 3.63) is 95.1 Å². The number of nitrogens with zero attached hydrogens (tertiary/aromatic N) is 18. The monoisotopic (exact) mass is 1270 g/mol. The summed E-state index contributed by atoms with van der Waals surface area (Å²) in [5.41, 5.74) is 13.8. The van der Waals surface area contributed by atoms with Crippen LogP contribution in [0.2, 0.25) is 15.7 Å². The number of nitrogens with two attached hydrogens (primary N) is 1. The predicted octanol–water partition coefficient (Wildman–Crippen LogP) is 6.74. The number of nitrogen functional groups attached to an aromatic ring is 1. The van der Waals surface area contributed by atoms with Gasteiger partial charge in [0.05, 0.1) is 103 Å². The number of nitrogens with one attached hydrogen (secondary N) is 2. The fourth-order valence-corrected chi connectivity index (χ4v) is 11.2. The minimum atomic E-state index is 0.0461. The van der Waals surface area contributed by atoms with Crippen LogP contribution in [0.25, 0.3) is 44.9 Å². The first-order valence-corrected chi connectivity index (χ1v) is 29.3. The maximum Gasteiger partial charge on any atom is 0.232 e. The highest BCUT2D eigenvalue weighted by atomic mass is 35.5. The third-order valence-electron chi connectivity index (χ3n) is 15.2. The molecule has 0 radical (unpaired) electrons. The van der Waals surface area contributed by atoms with E-state index in [9.17, 15) is 10.2 Å². The number of imidazole rings is 5. The van der Waals surface area contributed by atoms with Gasteiger partial charge in [-0.25, -0.2) is 29.9 Å². The van der Waals surface area contributed by atoms with Crippen LogP contribution in [-0.4, -0.2) is 179 Å². The molecule has 0 spiro atoms. The lowest BCUT2D eigenvalue weighted by atomic mass is 10.1. The molecule has 468 valence electrons. The largest absolute Gasteiger partial charge is 0.496 e. The van der Waals surface area contributed by atoms with Gasteiger partial charge in [0.25, 0.3) is 0 Å². The first-order valence-electron chi connectivity index (χ1n) is 28.2. The molecule has 0 bridgehead atoms. The Bertz CT molecular complexity index is 3950. The van der Waals surface area contributed by atoms with Gasteiger partial charge in [-0.15, -0.1) is 0 Å². The first kappa shape index (κ1) is 64.1. The lowest BCUT2D eigenvalue weighted by Gasteiger charge is -2.25.